The highest BCUT2D eigenvalue weighted by Crippen LogP contribution is 2.35. The fraction of sp³-hybridized carbons (Fsp3) is 0.588. The second kappa shape index (κ2) is 7.28. The van der Waals surface area contributed by atoms with Crippen molar-refractivity contribution in [2.24, 2.45) is 0 Å². The quantitative estimate of drug-likeness (QED) is 0.813. The van der Waals surface area contributed by atoms with Crippen LogP contribution in [0.25, 0.3) is 0 Å². The SMILES string of the molecule is CN1[C@H]2CC[C@H]1CC(NC(=O)c1cc(S(=O)(=O)N(C)C)c(Cl)cc1Cl)C2. The fourth-order valence-electron chi connectivity index (χ4n) is 3.89. The summed E-state index contributed by atoms with van der Waals surface area (Å²) >= 11 is 12.2. The number of sulfonamides is 1. The number of nitrogens with one attached hydrogen (secondary N) is 1. The molecule has 0 unspecified atom stereocenters. The molecule has 0 radical (unpaired) electrons. The highest BCUT2D eigenvalue weighted by molar-refractivity contribution is 7.89. The Balaban J connectivity index is 1.84. The van der Waals surface area contributed by atoms with Crippen LogP contribution in [0.15, 0.2) is 17.0 Å². The van der Waals surface area contributed by atoms with Gasteiger partial charge in [-0.2, -0.15) is 0 Å². The molecule has 2 aliphatic heterocycles. The van der Waals surface area contributed by atoms with E-state index in [9.17, 15) is 13.2 Å². The van der Waals surface area contributed by atoms with Crippen LogP contribution >= 0.6 is 23.2 Å². The largest absolute Gasteiger partial charge is 0.349 e. The van der Waals surface area contributed by atoms with Crippen LogP contribution in [-0.2, 0) is 10.0 Å². The maximum Gasteiger partial charge on any atom is 0.253 e. The van der Waals surface area contributed by atoms with E-state index in [2.05, 4.69) is 17.3 Å². The van der Waals surface area contributed by atoms with Gasteiger partial charge in [-0.1, -0.05) is 23.2 Å². The Kier molecular flexibility index (Phi) is 5.57. The van der Waals surface area contributed by atoms with Crippen LogP contribution < -0.4 is 5.32 Å². The van der Waals surface area contributed by atoms with Gasteiger partial charge in [-0.15, -0.1) is 0 Å². The maximum absolute atomic E-state index is 12.7. The molecule has 2 saturated heterocycles. The lowest BCUT2D eigenvalue weighted by Gasteiger charge is -2.36. The zero-order chi connectivity index (χ0) is 19.2. The first-order chi connectivity index (χ1) is 12.1. The Morgan fingerprint density at radius 2 is 1.73 bits per heavy atom. The Morgan fingerprint density at radius 1 is 1.15 bits per heavy atom. The fourth-order valence-corrected chi connectivity index (χ4v) is 5.62. The predicted octanol–water partition coefficient (Wildman–Crippen LogP) is 2.60. The summed E-state index contributed by atoms with van der Waals surface area (Å²) in [6.45, 7) is 0. The average Bonchev–Trinajstić information content (AvgIpc) is 2.76. The third-order valence-electron chi connectivity index (χ3n) is 5.46. The molecule has 0 aliphatic carbocycles. The van der Waals surface area contributed by atoms with Crippen molar-refractivity contribution in [3.8, 4) is 0 Å². The number of hydrogen-bond donors (Lipinski definition) is 1. The summed E-state index contributed by atoms with van der Waals surface area (Å²) in [5, 5.41) is 3.16. The highest BCUT2D eigenvalue weighted by atomic mass is 35.5. The van der Waals surface area contributed by atoms with Crippen molar-refractivity contribution in [3.63, 3.8) is 0 Å². The summed E-state index contributed by atoms with van der Waals surface area (Å²) in [5.41, 5.74) is 0.128. The van der Waals surface area contributed by atoms with Crippen molar-refractivity contribution in [3.05, 3.63) is 27.7 Å². The average molecular weight is 420 g/mol. The van der Waals surface area contributed by atoms with E-state index >= 15 is 0 Å². The van der Waals surface area contributed by atoms with Gasteiger partial charge in [0.2, 0.25) is 10.0 Å². The summed E-state index contributed by atoms with van der Waals surface area (Å²) in [7, 11) is 1.18. The molecule has 0 aromatic heterocycles. The van der Waals surface area contributed by atoms with Crippen molar-refractivity contribution in [1.29, 1.82) is 0 Å². The van der Waals surface area contributed by atoms with Crippen LogP contribution in [0.2, 0.25) is 10.0 Å². The van der Waals surface area contributed by atoms with Gasteiger partial charge >= 0.3 is 0 Å². The first-order valence-corrected chi connectivity index (χ1v) is 10.7. The van der Waals surface area contributed by atoms with Crippen LogP contribution in [0.3, 0.4) is 0 Å². The van der Waals surface area contributed by atoms with E-state index in [4.69, 9.17) is 23.2 Å². The number of rotatable bonds is 4. The van der Waals surface area contributed by atoms with Gasteiger partial charge in [-0.05, 0) is 44.9 Å². The smallest absolute Gasteiger partial charge is 0.253 e. The summed E-state index contributed by atoms with van der Waals surface area (Å²) in [5.74, 6) is -0.365. The minimum atomic E-state index is -3.77. The first kappa shape index (κ1) is 19.9. The highest BCUT2D eigenvalue weighted by Gasteiger charge is 2.39. The van der Waals surface area contributed by atoms with Gasteiger partial charge in [0.25, 0.3) is 5.91 Å². The number of halogens is 2. The number of hydrogen-bond acceptors (Lipinski definition) is 4. The number of carbonyl (C=O) groups is 1. The van der Waals surface area contributed by atoms with Gasteiger partial charge < -0.3 is 10.2 Å². The van der Waals surface area contributed by atoms with E-state index < -0.39 is 10.0 Å². The number of nitrogens with zero attached hydrogens (tertiary/aromatic N) is 2. The lowest BCUT2D eigenvalue weighted by molar-refractivity contribution is 0.0882. The molecule has 1 N–H and O–H groups in total. The van der Waals surface area contributed by atoms with Gasteiger partial charge in [0, 0.05) is 32.2 Å². The molecule has 1 amide bonds. The molecule has 1 aromatic carbocycles. The van der Waals surface area contributed by atoms with Crippen molar-refractivity contribution < 1.29 is 13.2 Å². The zero-order valence-corrected chi connectivity index (χ0v) is 17.3. The molecule has 26 heavy (non-hydrogen) atoms. The Bertz CT molecular complexity index is 815. The molecule has 2 aliphatic rings. The van der Waals surface area contributed by atoms with E-state index in [1.54, 1.807) is 0 Å². The normalized spacial score (nSPS) is 26.3. The van der Waals surface area contributed by atoms with E-state index in [-0.39, 0.29) is 32.5 Å². The first-order valence-electron chi connectivity index (χ1n) is 8.55. The zero-order valence-electron chi connectivity index (χ0n) is 15.0. The van der Waals surface area contributed by atoms with Gasteiger partial charge in [0.15, 0.2) is 0 Å². The number of piperidine rings is 1. The maximum atomic E-state index is 12.7. The monoisotopic (exact) mass is 419 g/mol. The molecule has 0 spiro atoms. The van der Waals surface area contributed by atoms with Gasteiger partial charge in [-0.3, -0.25) is 4.79 Å². The lowest BCUT2D eigenvalue weighted by Crippen LogP contribution is -2.48. The van der Waals surface area contributed by atoms with Crippen LogP contribution in [0, 0.1) is 0 Å². The predicted molar refractivity (Wildman–Crippen MR) is 102 cm³/mol. The summed E-state index contributed by atoms with van der Waals surface area (Å²) in [6, 6.07) is 3.62. The standard InChI is InChI=1S/C17H23Cl2N3O3S/c1-21(2)26(24,25)16-8-13(14(18)9-15(16)19)17(23)20-10-6-11-4-5-12(7-10)22(11)3/h8-12H,4-7H2,1-3H3,(H,20,23)/t11-,12-/m0/s1. The molecule has 3 rings (SSSR count). The Morgan fingerprint density at radius 3 is 2.27 bits per heavy atom. The molecule has 6 nitrogen and oxygen atoms in total. The second-order valence-corrected chi connectivity index (χ2v) is 10.2. The van der Waals surface area contributed by atoms with Crippen molar-refractivity contribution in [2.75, 3.05) is 21.1 Å². The molecule has 2 bridgehead atoms. The number of fused-ring (bicyclic) bond motifs is 2. The second-order valence-electron chi connectivity index (χ2n) is 7.24. The van der Waals surface area contributed by atoms with E-state index in [0.717, 1.165) is 30.0 Å². The van der Waals surface area contributed by atoms with Crippen LogP contribution in [-0.4, -0.2) is 62.8 Å². The van der Waals surface area contributed by atoms with Crippen molar-refractivity contribution in [2.45, 2.75) is 48.7 Å². The van der Waals surface area contributed by atoms with Crippen molar-refractivity contribution in [1.82, 2.24) is 14.5 Å². The molecule has 2 fully saturated rings. The van der Waals surface area contributed by atoms with Gasteiger partial charge in [-0.25, -0.2) is 12.7 Å². The topological polar surface area (TPSA) is 69.7 Å². The number of amides is 1. The molecular formula is C17H23Cl2N3O3S. The molecule has 0 saturated carbocycles. The summed E-state index contributed by atoms with van der Waals surface area (Å²) < 4.78 is 25.9. The third-order valence-corrected chi connectivity index (χ3v) is 8.05. The van der Waals surface area contributed by atoms with Crippen molar-refractivity contribution >= 4 is 39.1 Å². The van der Waals surface area contributed by atoms with Crippen LogP contribution in [0.5, 0.6) is 0 Å². The Labute approximate surface area is 164 Å². The van der Waals surface area contributed by atoms with E-state index in [1.807, 2.05) is 0 Å². The number of benzene rings is 1. The Hall–Kier alpha value is -0.860. The number of carbonyl (C=O) groups excluding carboxylic acids is 1. The summed E-state index contributed by atoms with van der Waals surface area (Å²) in [4.78, 5) is 15.0. The van der Waals surface area contributed by atoms with Gasteiger partial charge in [0.05, 0.1) is 15.6 Å². The lowest BCUT2D eigenvalue weighted by atomic mass is 9.97. The molecule has 2 heterocycles. The van der Waals surface area contributed by atoms with Gasteiger partial charge in [0.1, 0.15) is 4.90 Å². The third kappa shape index (κ3) is 3.60. The molecular weight excluding hydrogens is 397 g/mol. The molecule has 9 heteroatoms. The summed E-state index contributed by atoms with van der Waals surface area (Å²) in [6.07, 6.45) is 4.10. The van der Waals surface area contributed by atoms with E-state index in [1.165, 1.54) is 26.2 Å². The molecule has 144 valence electrons. The molecule has 1 aromatic rings. The minimum absolute atomic E-state index is 0.00224. The van der Waals surface area contributed by atoms with Crippen LogP contribution in [0.4, 0.5) is 0 Å². The molecule has 2 atom stereocenters. The van der Waals surface area contributed by atoms with Crippen LogP contribution in [0.1, 0.15) is 36.0 Å². The van der Waals surface area contributed by atoms with E-state index in [0.29, 0.717) is 12.1 Å². The minimum Gasteiger partial charge on any atom is -0.349 e.